The van der Waals surface area contributed by atoms with Crippen molar-refractivity contribution < 1.29 is 14.6 Å². The largest absolute Gasteiger partial charge is 0.444 e. The standard InChI is InChI=1S/C9H18ClNO3/c1-6(7(12)5-10)11-8(13)14-9(2,3)4/h6-7,12H,5H2,1-4H3,(H,11,13)/t6-,7-/m0/s1. The van der Waals surface area contributed by atoms with E-state index in [1.807, 2.05) is 0 Å². The van der Waals surface area contributed by atoms with Crippen LogP contribution in [0.25, 0.3) is 0 Å². The highest BCUT2D eigenvalue weighted by molar-refractivity contribution is 6.18. The van der Waals surface area contributed by atoms with Gasteiger partial charge >= 0.3 is 6.09 Å². The lowest BCUT2D eigenvalue weighted by molar-refractivity contribution is 0.0452. The van der Waals surface area contributed by atoms with Crippen molar-refractivity contribution in [3.8, 4) is 0 Å². The number of halogens is 1. The third-order valence-electron chi connectivity index (χ3n) is 1.48. The maximum Gasteiger partial charge on any atom is 0.407 e. The summed E-state index contributed by atoms with van der Waals surface area (Å²) in [7, 11) is 0. The zero-order chi connectivity index (χ0) is 11.4. The van der Waals surface area contributed by atoms with Crippen LogP contribution in [0.2, 0.25) is 0 Å². The number of nitrogens with one attached hydrogen (secondary N) is 1. The molecule has 0 spiro atoms. The molecule has 2 atom stereocenters. The summed E-state index contributed by atoms with van der Waals surface area (Å²) in [6, 6.07) is -0.414. The van der Waals surface area contributed by atoms with E-state index in [4.69, 9.17) is 16.3 Å². The van der Waals surface area contributed by atoms with E-state index in [1.165, 1.54) is 0 Å². The lowest BCUT2D eigenvalue weighted by atomic mass is 10.2. The van der Waals surface area contributed by atoms with Crippen molar-refractivity contribution in [2.75, 3.05) is 5.88 Å². The van der Waals surface area contributed by atoms with E-state index in [1.54, 1.807) is 27.7 Å². The number of hydrogen-bond donors (Lipinski definition) is 2. The van der Waals surface area contributed by atoms with Crippen molar-refractivity contribution in [2.45, 2.75) is 45.4 Å². The van der Waals surface area contributed by atoms with E-state index < -0.39 is 23.8 Å². The Morgan fingerprint density at radius 2 is 2.07 bits per heavy atom. The molecule has 2 N–H and O–H groups in total. The number of aliphatic hydroxyl groups excluding tert-OH is 1. The summed E-state index contributed by atoms with van der Waals surface area (Å²) in [6.07, 6.45) is -1.31. The van der Waals surface area contributed by atoms with Crippen LogP contribution in [-0.4, -0.2) is 34.8 Å². The molecule has 0 aromatic heterocycles. The van der Waals surface area contributed by atoms with E-state index in [9.17, 15) is 9.90 Å². The highest BCUT2D eigenvalue weighted by Gasteiger charge is 2.20. The van der Waals surface area contributed by atoms with Crippen LogP contribution in [-0.2, 0) is 4.74 Å². The van der Waals surface area contributed by atoms with Crippen molar-refractivity contribution in [3.05, 3.63) is 0 Å². The zero-order valence-corrected chi connectivity index (χ0v) is 9.76. The Morgan fingerprint density at radius 3 is 2.43 bits per heavy atom. The Kier molecular flexibility index (Phi) is 5.23. The highest BCUT2D eigenvalue weighted by Crippen LogP contribution is 2.07. The number of carbonyl (C=O) groups is 1. The van der Waals surface area contributed by atoms with Gasteiger partial charge in [-0.25, -0.2) is 4.79 Å². The normalized spacial score (nSPS) is 15.9. The SMILES string of the molecule is C[C@H](NC(=O)OC(C)(C)C)[C@@H](O)CCl. The Labute approximate surface area is 89.6 Å². The average molecular weight is 224 g/mol. The lowest BCUT2D eigenvalue weighted by Gasteiger charge is -2.23. The highest BCUT2D eigenvalue weighted by atomic mass is 35.5. The van der Waals surface area contributed by atoms with Crippen LogP contribution < -0.4 is 5.32 Å². The second-order valence-electron chi connectivity index (χ2n) is 4.16. The van der Waals surface area contributed by atoms with Gasteiger partial charge in [0.05, 0.1) is 18.0 Å². The molecule has 0 saturated heterocycles. The van der Waals surface area contributed by atoms with E-state index in [0.717, 1.165) is 0 Å². The molecule has 0 unspecified atom stereocenters. The number of rotatable bonds is 3. The topological polar surface area (TPSA) is 58.6 Å². The van der Waals surface area contributed by atoms with Crippen LogP contribution in [0, 0.1) is 0 Å². The van der Waals surface area contributed by atoms with Crippen molar-refractivity contribution in [2.24, 2.45) is 0 Å². The van der Waals surface area contributed by atoms with Gasteiger partial charge in [0.15, 0.2) is 0 Å². The number of aliphatic hydroxyl groups is 1. The third-order valence-corrected chi connectivity index (χ3v) is 1.80. The van der Waals surface area contributed by atoms with E-state index in [2.05, 4.69) is 5.32 Å². The van der Waals surface area contributed by atoms with Gasteiger partial charge in [-0.05, 0) is 27.7 Å². The zero-order valence-electron chi connectivity index (χ0n) is 9.00. The van der Waals surface area contributed by atoms with E-state index in [-0.39, 0.29) is 5.88 Å². The number of ether oxygens (including phenoxy) is 1. The first-order valence-corrected chi connectivity index (χ1v) is 5.03. The summed E-state index contributed by atoms with van der Waals surface area (Å²) >= 11 is 5.42. The molecule has 0 saturated carbocycles. The number of alkyl halides is 1. The minimum Gasteiger partial charge on any atom is -0.444 e. The molecule has 0 rings (SSSR count). The van der Waals surface area contributed by atoms with Gasteiger partial charge in [0.2, 0.25) is 0 Å². The van der Waals surface area contributed by atoms with Crippen LogP contribution in [0.5, 0.6) is 0 Å². The van der Waals surface area contributed by atoms with Crippen LogP contribution in [0.1, 0.15) is 27.7 Å². The molecule has 4 nitrogen and oxygen atoms in total. The van der Waals surface area contributed by atoms with Gasteiger partial charge in [0.25, 0.3) is 0 Å². The summed E-state index contributed by atoms with van der Waals surface area (Å²) in [5, 5.41) is 11.8. The maximum absolute atomic E-state index is 11.2. The monoisotopic (exact) mass is 223 g/mol. The molecule has 0 aliphatic rings. The van der Waals surface area contributed by atoms with Gasteiger partial charge < -0.3 is 15.2 Å². The van der Waals surface area contributed by atoms with E-state index in [0.29, 0.717) is 0 Å². The number of hydrogen-bond acceptors (Lipinski definition) is 3. The third kappa shape index (κ3) is 6.05. The summed E-state index contributed by atoms with van der Waals surface area (Å²) in [6.45, 7) is 6.98. The summed E-state index contributed by atoms with van der Waals surface area (Å²) in [4.78, 5) is 11.2. The van der Waals surface area contributed by atoms with Gasteiger partial charge in [0, 0.05) is 0 Å². The Morgan fingerprint density at radius 1 is 1.57 bits per heavy atom. The molecule has 0 heterocycles. The molecule has 0 aliphatic heterocycles. The predicted octanol–water partition coefficient (Wildman–Crippen LogP) is 1.50. The molecule has 0 aromatic rings. The fraction of sp³-hybridized carbons (Fsp3) is 0.889. The molecule has 5 heteroatoms. The van der Waals surface area contributed by atoms with Crippen molar-refractivity contribution in [1.82, 2.24) is 5.32 Å². The first-order chi connectivity index (χ1) is 6.26. The van der Waals surface area contributed by atoms with Crippen LogP contribution in [0.15, 0.2) is 0 Å². The average Bonchev–Trinajstić information content (AvgIpc) is 1.99. The molecular formula is C9H18ClNO3. The summed E-state index contributed by atoms with van der Waals surface area (Å²) in [5.74, 6) is 0.0803. The van der Waals surface area contributed by atoms with Gasteiger partial charge in [-0.2, -0.15) is 0 Å². The second-order valence-corrected chi connectivity index (χ2v) is 4.47. The van der Waals surface area contributed by atoms with Crippen molar-refractivity contribution in [3.63, 3.8) is 0 Å². The van der Waals surface area contributed by atoms with Crippen LogP contribution in [0.3, 0.4) is 0 Å². The quantitative estimate of drug-likeness (QED) is 0.713. The first kappa shape index (κ1) is 13.5. The lowest BCUT2D eigenvalue weighted by Crippen LogP contribution is -2.44. The summed E-state index contributed by atoms with van der Waals surface area (Å²) in [5.41, 5.74) is -0.532. The predicted molar refractivity (Wildman–Crippen MR) is 55.6 cm³/mol. The summed E-state index contributed by atoms with van der Waals surface area (Å²) < 4.78 is 5.00. The number of carbonyl (C=O) groups excluding carboxylic acids is 1. The van der Waals surface area contributed by atoms with Crippen LogP contribution in [0.4, 0.5) is 4.79 Å². The number of alkyl carbamates (subject to hydrolysis) is 1. The molecule has 0 aromatic carbocycles. The van der Waals surface area contributed by atoms with Crippen molar-refractivity contribution in [1.29, 1.82) is 0 Å². The van der Waals surface area contributed by atoms with E-state index >= 15 is 0 Å². The molecule has 1 amide bonds. The van der Waals surface area contributed by atoms with Gasteiger partial charge in [0.1, 0.15) is 5.60 Å². The molecule has 14 heavy (non-hydrogen) atoms. The van der Waals surface area contributed by atoms with Gasteiger partial charge in [-0.15, -0.1) is 11.6 Å². The van der Waals surface area contributed by atoms with Gasteiger partial charge in [-0.3, -0.25) is 0 Å². The fourth-order valence-corrected chi connectivity index (χ4v) is 0.991. The second kappa shape index (κ2) is 5.41. The fourth-order valence-electron chi connectivity index (χ4n) is 0.723. The Hall–Kier alpha value is -0.480. The first-order valence-electron chi connectivity index (χ1n) is 4.50. The number of amides is 1. The van der Waals surface area contributed by atoms with Gasteiger partial charge in [-0.1, -0.05) is 0 Å². The molecule has 0 aliphatic carbocycles. The van der Waals surface area contributed by atoms with Crippen LogP contribution >= 0.6 is 11.6 Å². The Bertz CT molecular complexity index is 191. The minimum absolute atomic E-state index is 0.0803. The van der Waals surface area contributed by atoms with Crippen molar-refractivity contribution >= 4 is 17.7 Å². The maximum atomic E-state index is 11.2. The Balaban J connectivity index is 3.95. The molecule has 0 fully saturated rings. The minimum atomic E-state index is -0.760. The molecule has 0 bridgehead atoms. The molecular weight excluding hydrogens is 206 g/mol. The molecule has 84 valence electrons. The smallest absolute Gasteiger partial charge is 0.407 e. The molecule has 0 radical (unpaired) electrons.